The third-order valence-electron chi connectivity index (χ3n) is 5.73. The summed E-state index contributed by atoms with van der Waals surface area (Å²) >= 11 is 0. The average Bonchev–Trinajstić information content (AvgIpc) is 3.01. The van der Waals surface area contributed by atoms with Crippen molar-refractivity contribution in [3.05, 3.63) is 53.1 Å². The Balaban J connectivity index is 1.51. The summed E-state index contributed by atoms with van der Waals surface area (Å²) in [5, 5.41) is 5.24. The van der Waals surface area contributed by atoms with Gasteiger partial charge in [0.15, 0.2) is 0 Å². The van der Waals surface area contributed by atoms with Gasteiger partial charge in [0.25, 0.3) is 0 Å². The molecule has 2 heterocycles. The number of nitrogens with two attached hydrogens (primary N) is 1. The molecule has 0 fully saturated rings. The molecule has 0 aromatic heterocycles. The Morgan fingerprint density at radius 3 is 2.69 bits per heavy atom. The summed E-state index contributed by atoms with van der Waals surface area (Å²) in [5.41, 5.74) is 4.10. The van der Waals surface area contributed by atoms with Crippen molar-refractivity contribution in [2.45, 2.75) is 37.2 Å². The lowest BCUT2D eigenvalue weighted by Gasteiger charge is -2.31. The van der Waals surface area contributed by atoms with E-state index in [2.05, 4.69) is 11.0 Å². The van der Waals surface area contributed by atoms with Crippen LogP contribution in [-0.2, 0) is 34.2 Å². The van der Waals surface area contributed by atoms with Gasteiger partial charge in [-0.1, -0.05) is 6.07 Å². The fourth-order valence-electron chi connectivity index (χ4n) is 4.29. The number of amides is 1. The SMILES string of the molecule is COc1ccc2c(c1)CN(CC(=O)N1c3ccc(S(N)(=O)=O)cc3CC1C)CC2. The van der Waals surface area contributed by atoms with Gasteiger partial charge in [-0.25, -0.2) is 13.6 Å². The average molecular weight is 416 g/mol. The predicted molar refractivity (Wildman–Crippen MR) is 110 cm³/mol. The van der Waals surface area contributed by atoms with Crippen molar-refractivity contribution in [3.8, 4) is 5.75 Å². The molecule has 1 unspecified atom stereocenters. The molecule has 2 aromatic rings. The zero-order chi connectivity index (χ0) is 20.8. The van der Waals surface area contributed by atoms with Crippen LogP contribution in [0, 0.1) is 0 Å². The normalized spacial score (nSPS) is 19.0. The van der Waals surface area contributed by atoms with E-state index in [9.17, 15) is 13.2 Å². The first-order chi connectivity index (χ1) is 13.8. The second kappa shape index (κ2) is 7.44. The molecule has 2 aromatic carbocycles. The van der Waals surface area contributed by atoms with Crippen LogP contribution in [0.4, 0.5) is 5.69 Å². The van der Waals surface area contributed by atoms with E-state index in [0.29, 0.717) is 19.5 Å². The van der Waals surface area contributed by atoms with E-state index < -0.39 is 10.0 Å². The third-order valence-corrected chi connectivity index (χ3v) is 6.64. The molecular weight excluding hydrogens is 390 g/mol. The number of ether oxygens (including phenoxy) is 1. The van der Waals surface area contributed by atoms with Crippen LogP contribution in [-0.4, -0.2) is 45.5 Å². The Kier molecular flexibility index (Phi) is 5.10. The second-order valence-electron chi connectivity index (χ2n) is 7.75. The van der Waals surface area contributed by atoms with Crippen LogP contribution in [0.2, 0.25) is 0 Å². The largest absolute Gasteiger partial charge is 0.497 e. The minimum absolute atomic E-state index is 0.0194. The van der Waals surface area contributed by atoms with Gasteiger partial charge in [-0.15, -0.1) is 0 Å². The number of nitrogens with zero attached hydrogens (tertiary/aromatic N) is 2. The van der Waals surface area contributed by atoms with Crippen LogP contribution in [0.25, 0.3) is 0 Å². The Labute approximate surface area is 171 Å². The molecular formula is C21H25N3O4S. The van der Waals surface area contributed by atoms with Gasteiger partial charge in [-0.2, -0.15) is 0 Å². The number of rotatable bonds is 4. The summed E-state index contributed by atoms with van der Waals surface area (Å²) in [6.07, 6.45) is 1.51. The summed E-state index contributed by atoms with van der Waals surface area (Å²) < 4.78 is 28.6. The molecule has 0 saturated carbocycles. The first-order valence-electron chi connectivity index (χ1n) is 9.62. The van der Waals surface area contributed by atoms with E-state index in [1.807, 2.05) is 19.1 Å². The maximum absolute atomic E-state index is 13.1. The van der Waals surface area contributed by atoms with Crippen molar-refractivity contribution in [2.75, 3.05) is 25.1 Å². The van der Waals surface area contributed by atoms with E-state index in [0.717, 1.165) is 30.0 Å². The molecule has 1 amide bonds. The number of hydrogen-bond acceptors (Lipinski definition) is 5. The molecule has 2 aliphatic heterocycles. The Bertz CT molecular complexity index is 1070. The Hall–Kier alpha value is -2.42. The number of benzene rings is 2. The highest BCUT2D eigenvalue weighted by Gasteiger charge is 2.33. The topological polar surface area (TPSA) is 92.9 Å². The molecule has 0 spiro atoms. The van der Waals surface area contributed by atoms with E-state index in [1.54, 1.807) is 24.1 Å². The smallest absolute Gasteiger partial charge is 0.241 e. The standard InChI is InChI=1S/C21H25N3O4S/c1-14-9-16-11-19(29(22,26)27)5-6-20(16)24(14)21(25)13-23-8-7-15-3-4-18(28-2)10-17(15)12-23/h3-6,10-11,14H,7-9,12-13H2,1-2H3,(H2,22,26,27). The summed E-state index contributed by atoms with van der Waals surface area (Å²) in [4.78, 5) is 17.1. The monoisotopic (exact) mass is 415 g/mol. The molecule has 0 radical (unpaired) electrons. The van der Waals surface area contributed by atoms with Crippen LogP contribution in [0.15, 0.2) is 41.3 Å². The van der Waals surface area contributed by atoms with Crippen molar-refractivity contribution in [3.63, 3.8) is 0 Å². The molecule has 2 aliphatic rings. The number of methoxy groups -OCH3 is 1. The van der Waals surface area contributed by atoms with Crippen molar-refractivity contribution < 1.29 is 17.9 Å². The molecule has 0 saturated heterocycles. The van der Waals surface area contributed by atoms with Gasteiger partial charge < -0.3 is 9.64 Å². The Morgan fingerprint density at radius 1 is 1.17 bits per heavy atom. The van der Waals surface area contributed by atoms with Crippen molar-refractivity contribution in [2.24, 2.45) is 5.14 Å². The molecule has 7 nitrogen and oxygen atoms in total. The van der Waals surface area contributed by atoms with E-state index in [4.69, 9.17) is 9.88 Å². The van der Waals surface area contributed by atoms with Crippen LogP contribution in [0.5, 0.6) is 5.75 Å². The number of anilines is 1. The summed E-state index contributed by atoms with van der Waals surface area (Å²) in [6, 6.07) is 10.8. The lowest BCUT2D eigenvalue weighted by molar-refractivity contribution is -0.120. The first-order valence-corrected chi connectivity index (χ1v) is 11.2. The highest BCUT2D eigenvalue weighted by Crippen LogP contribution is 2.34. The number of carbonyl (C=O) groups excluding carboxylic acids is 1. The van der Waals surface area contributed by atoms with Gasteiger partial charge in [0, 0.05) is 24.8 Å². The molecule has 0 aliphatic carbocycles. The lowest BCUT2D eigenvalue weighted by atomic mass is 9.99. The molecule has 4 rings (SSSR count). The Morgan fingerprint density at radius 2 is 1.97 bits per heavy atom. The first kappa shape index (κ1) is 19.9. The molecule has 0 bridgehead atoms. The van der Waals surface area contributed by atoms with Gasteiger partial charge in [0.05, 0.1) is 18.6 Å². The zero-order valence-electron chi connectivity index (χ0n) is 16.6. The number of hydrogen-bond donors (Lipinski definition) is 1. The molecule has 1 atom stereocenters. The van der Waals surface area contributed by atoms with Crippen molar-refractivity contribution in [1.82, 2.24) is 4.90 Å². The van der Waals surface area contributed by atoms with Crippen LogP contribution in [0.1, 0.15) is 23.6 Å². The lowest BCUT2D eigenvalue weighted by Crippen LogP contribution is -2.44. The summed E-state index contributed by atoms with van der Waals surface area (Å²) in [7, 11) is -2.11. The minimum atomic E-state index is -3.76. The number of sulfonamides is 1. The van der Waals surface area contributed by atoms with E-state index >= 15 is 0 Å². The zero-order valence-corrected chi connectivity index (χ0v) is 17.4. The van der Waals surface area contributed by atoms with Crippen molar-refractivity contribution in [1.29, 1.82) is 0 Å². The molecule has 29 heavy (non-hydrogen) atoms. The van der Waals surface area contributed by atoms with Gasteiger partial charge >= 0.3 is 0 Å². The fraction of sp³-hybridized carbons (Fsp3) is 0.381. The third kappa shape index (κ3) is 3.88. The molecule has 2 N–H and O–H groups in total. The van der Waals surface area contributed by atoms with E-state index in [-0.39, 0.29) is 16.8 Å². The van der Waals surface area contributed by atoms with E-state index in [1.165, 1.54) is 17.2 Å². The van der Waals surface area contributed by atoms with Gasteiger partial charge in [0.1, 0.15) is 5.75 Å². The van der Waals surface area contributed by atoms with Crippen molar-refractivity contribution >= 4 is 21.6 Å². The fourth-order valence-corrected chi connectivity index (χ4v) is 4.85. The number of carbonyl (C=O) groups is 1. The van der Waals surface area contributed by atoms with Crippen LogP contribution >= 0.6 is 0 Å². The van der Waals surface area contributed by atoms with Gasteiger partial charge in [0.2, 0.25) is 15.9 Å². The molecule has 8 heteroatoms. The van der Waals surface area contributed by atoms with Gasteiger partial charge in [-0.05, 0) is 66.8 Å². The highest BCUT2D eigenvalue weighted by atomic mass is 32.2. The number of primary sulfonamides is 1. The maximum atomic E-state index is 13.1. The number of fused-ring (bicyclic) bond motifs is 2. The summed E-state index contributed by atoms with van der Waals surface area (Å²) in [5.74, 6) is 0.843. The van der Waals surface area contributed by atoms with Crippen LogP contribution < -0.4 is 14.8 Å². The van der Waals surface area contributed by atoms with Gasteiger partial charge in [-0.3, -0.25) is 9.69 Å². The molecule has 154 valence electrons. The maximum Gasteiger partial charge on any atom is 0.241 e. The minimum Gasteiger partial charge on any atom is -0.497 e. The summed E-state index contributed by atoms with van der Waals surface area (Å²) in [6.45, 7) is 3.82. The predicted octanol–water partition coefficient (Wildman–Crippen LogP) is 1.68. The van der Waals surface area contributed by atoms with Crippen LogP contribution in [0.3, 0.4) is 0 Å². The highest BCUT2D eigenvalue weighted by molar-refractivity contribution is 7.89. The second-order valence-corrected chi connectivity index (χ2v) is 9.31. The quantitative estimate of drug-likeness (QED) is 0.820.